The van der Waals surface area contributed by atoms with E-state index in [0.29, 0.717) is 8.96 Å². The molecule has 0 amide bonds. The maximum atomic E-state index is 12.9. The number of nitro groups is 1. The number of benzene rings is 1. The summed E-state index contributed by atoms with van der Waals surface area (Å²) in [5, 5.41) is 11.3. The van der Waals surface area contributed by atoms with E-state index in [2.05, 4.69) is 0 Å². The third-order valence-electron chi connectivity index (χ3n) is 1.74. The van der Waals surface area contributed by atoms with E-state index in [0.717, 1.165) is 16.0 Å². The molecule has 3 nitrogen and oxygen atoms in total. The van der Waals surface area contributed by atoms with Crippen molar-refractivity contribution < 1.29 is 9.31 Å². The van der Waals surface area contributed by atoms with Gasteiger partial charge in [-0.1, -0.05) is 11.3 Å². The number of hydrogen-bond donors (Lipinski definition) is 0. The molecular weight excluding hydrogens is 320 g/mol. The minimum absolute atomic E-state index is 0.0752. The molecule has 0 aliphatic heterocycles. The lowest BCUT2D eigenvalue weighted by Crippen LogP contribution is -1.85. The molecule has 0 atom stereocenters. The number of thiophene rings is 1. The van der Waals surface area contributed by atoms with Crippen molar-refractivity contribution in [2.75, 3.05) is 0 Å². The average Bonchev–Trinajstić information content (AvgIpc) is 2.44. The number of fused-ring (bicyclic) bond motifs is 1. The van der Waals surface area contributed by atoms with Gasteiger partial charge in [0.15, 0.2) is 0 Å². The second kappa shape index (κ2) is 3.43. The summed E-state index contributed by atoms with van der Waals surface area (Å²) in [6, 6.07) is 4.18. The highest BCUT2D eigenvalue weighted by Crippen LogP contribution is 2.38. The summed E-state index contributed by atoms with van der Waals surface area (Å²) in [7, 11) is 0. The minimum atomic E-state index is -0.440. The van der Waals surface area contributed by atoms with Crippen LogP contribution in [0, 0.1) is 19.5 Å². The predicted octanol–water partition coefficient (Wildman–Crippen LogP) is 3.55. The summed E-state index contributed by atoms with van der Waals surface area (Å²) in [4.78, 5) is 10.2. The Kier molecular flexibility index (Phi) is 2.40. The molecule has 1 aromatic heterocycles. The molecule has 0 spiro atoms. The lowest BCUT2D eigenvalue weighted by atomic mass is 10.2. The quantitative estimate of drug-likeness (QED) is 0.458. The van der Waals surface area contributed by atoms with E-state index < -0.39 is 4.92 Å². The molecule has 72 valence electrons. The third kappa shape index (κ3) is 1.48. The SMILES string of the molecule is O=[N+]([O-])c1sc2ccc(F)cc2c1I. The molecule has 2 aromatic rings. The predicted molar refractivity (Wildman–Crippen MR) is 61.2 cm³/mol. The van der Waals surface area contributed by atoms with Gasteiger partial charge in [-0.05, 0) is 40.8 Å². The van der Waals surface area contributed by atoms with E-state index in [1.807, 2.05) is 22.6 Å². The molecule has 0 bridgehead atoms. The van der Waals surface area contributed by atoms with E-state index >= 15 is 0 Å². The first-order chi connectivity index (χ1) is 6.59. The molecule has 0 fully saturated rings. The molecule has 1 heterocycles. The zero-order valence-corrected chi connectivity index (χ0v) is 9.63. The molecule has 0 saturated carbocycles. The second-order valence-corrected chi connectivity index (χ2v) is 4.73. The van der Waals surface area contributed by atoms with Crippen LogP contribution in [0.1, 0.15) is 0 Å². The van der Waals surface area contributed by atoms with Gasteiger partial charge in [-0.25, -0.2) is 4.39 Å². The van der Waals surface area contributed by atoms with Crippen molar-refractivity contribution in [3.63, 3.8) is 0 Å². The van der Waals surface area contributed by atoms with E-state index in [4.69, 9.17) is 0 Å². The van der Waals surface area contributed by atoms with E-state index in [-0.39, 0.29) is 10.8 Å². The van der Waals surface area contributed by atoms with Gasteiger partial charge in [0.2, 0.25) is 0 Å². The normalized spacial score (nSPS) is 10.7. The van der Waals surface area contributed by atoms with Gasteiger partial charge in [-0.15, -0.1) is 0 Å². The lowest BCUT2D eigenvalue weighted by Gasteiger charge is -1.89. The fourth-order valence-electron chi connectivity index (χ4n) is 1.14. The van der Waals surface area contributed by atoms with Crippen LogP contribution in [0.4, 0.5) is 9.39 Å². The Balaban J connectivity index is 2.80. The molecule has 0 aliphatic carbocycles. The highest BCUT2D eigenvalue weighted by molar-refractivity contribution is 14.1. The third-order valence-corrected chi connectivity index (χ3v) is 4.32. The number of halogens is 2. The van der Waals surface area contributed by atoms with Crippen LogP contribution in [0.5, 0.6) is 0 Å². The summed E-state index contributed by atoms with van der Waals surface area (Å²) in [5.74, 6) is -0.372. The Labute approximate surface area is 95.8 Å². The standard InChI is InChI=1S/C8H3FINO2S/c9-4-1-2-6-5(3-4)7(10)8(14-6)11(12)13/h1-3H. The zero-order chi connectivity index (χ0) is 10.3. The van der Waals surface area contributed by atoms with Gasteiger partial charge < -0.3 is 0 Å². The van der Waals surface area contributed by atoms with Crippen molar-refractivity contribution in [3.05, 3.63) is 37.7 Å². The molecule has 0 N–H and O–H groups in total. The minimum Gasteiger partial charge on any atom is -0.258 e. The highest BCUT2D eigenvalue weighted by atomic mass is 127. The zero-order valence-electron chi connectivity index (χ0n) is 6.66. The molecule has 6 heteroatoms. The van der Waals surface area contributed by atoms with Crippen molar-refractivity contribution in [2.24, 2.45) is 0 Å². The summed E-state index contributed by atoms with van der Waals surface area (Å²) in [6.07, 6.45) is 0. The van der Waals surface area contributed by atoms with Crippen LogP contribution < -0.4 is 0 Å². The van der Waals surface area contributed by atoms with Crippen molar-refractivity contribution >= 4 is 49.0 Å². The first-order valence-electron chi connectivity index (χ1n) is 3.61. The summed E-state index contributed by atoms with van der Waals surface area (Å²) in [5.41, 5.74) is 0. The maximum Gasteiger partial charge on any atom is 0.338 e. The van der Waals surface area contributed by atoms with E-state index in [9.17, 15) is 14.5 Å². The molecule has 2 rings (SSSR count). The highest BCUT2D eigenvalue weighted by Gasteiger charge is 2.19. The first-order valence-corrected chi connectivity index (χ1v) is 5.51. The smallest absolute Gasteiger partial charge is 0.258 e. The summed E-state index contributed by atoms with van der Waals surface area (Å²) < 4.78 is 14.1. The van der Waals surface area contributed by atoms with Crippen molar-refractivity contribution in [3.8, 4) is 0 Å². The molecule has 0 saturated heterocycles. The van der Waals surface area contributed by atoms with Gasteiger partial charge in [-0.2, -0.15) is 0 Å². The van der Waals surface area contributed by atoms with E-state index in [1.165, 1.54) is 12.1 Å². The lowest BCUT2D eigenvalue weighted by molar-refractivity contribution is -0.381. The Morgan fingerprint density at radius 1 is 1.50 bits per heavy atom. The van der Waals surface area contributed by atoms with Crippen LogP contribution in [0.3, 0.4) is 0 Å². The van der Waals surface area contributed by atoms with Crippen molar-refractivity contribution in [1.29, 1.82) is 0 Å². The van der Waals surface area contributed by atoms with Crippen LogP contribution in [0.2, 0.25) is 0 Å². The molecule has 14 heavy (non-hydrogen) atoms. The summed E-state index contributed by atoms with van der Waals surface area (Å²) in [6.45, 7) is 0. The van der Waals surface area contributed by atoms with Gasteiger partial charge >= 0.3 is 5.00 Å². The first kappa shape index (κ1) is 9.78. The Hall–Kier alpha value is -0.760. The van der Waals surface area contributed by atoms with Gasteiger partial charge in [-0.3, -0.25) is 10.1 Å². The van der Waals surface area contributed by atoms with Gasteiger partial charge in [0, 0.05) is 10.1 Å². The van der Waals surface area contributed by atoms with Crippen molar-refractivity contribution in [1.82, 2.24) is 0 Å². The van der Waals surface area contributed by atoms with E-state index in [1.54, 1.807) is 6.07 Å². The van der Waals surface area contributed by atoms with Crippen LogP contribution in [-0.4, -0.2) is 4.92 Å². The Morgan fingerprint density at radius 3 is 2.86 bits per heavy atom. The Morgan fingerprint density at radius 2 is 2.21 bits per heavy atom. The fourth-order valence-corrected chi connectivity index (χ4v) is 3.19. The second-order valence-electron chi connectivity index (χ2n) is 2.62. The van der Waals surface area contributed by atoms with Crippen LogP contribution >= 0.6 is 33.9 Å². The maximum absolute atomic E-state index is 12.9. The van der Waals surface area contributed by atoms with Gasteiger partial charge in [0.05, 0.1) is 4.92 Å². The number of hydrogen-bond acceptors (Lipinski definition) is 3. The molecule has 1 aromatic carbocycles. The van der Waals surface area contributed by atoms with Gasteiger partial charge in [0.25, 0.3) is 0 Å². The molecule has 0 radical (unpaired) electrons. The number of nitrogens with zero attached hydrogens (tertiary/aromatic N) is 1. The Bertz CT molecular complexity index is 525. The fraction of sp³-hybridized carbons (Fsp3) is 0. The topological polar surface area (TPSA) is 43.1 Å². The van der Waals surface area contributed by atoms with Gasteiger partial charge in [0.1, 0.15) is 9.39 Å². The van der Waals surface area contributed by atoms with Crippen LogP contribution in [-0.2, 0) is 0 Å². The molecule has 0 unspecified atom stereocenters. The van der Waals surface area contributed by atoms with Crippen molar-refractivity contribution in [2.45, 2.75) is 0 Å². The summed E-state index contributed by atoms with van der Waals surface area (Å²) >= 11 is 2.94. The molecule has 0 aliphatic rings. The average molecular weight is 323 g/mol. The van der Waals surface area contributed by atoms with Crippen LogP contribution in [0.15, 0.2) is 18.2 Å². The molecular formula is C8H3FINO2S. The van der Waals surface area contributed by atoms with Crippen LogP contribution in [0.25, 0.3) is 10.1 Å². The largest absolute Gasteiger partial charge is 0.338 e. The monoisotopic (exact) mass is 323 g/mol. The number of rotatable bonds is 1.